The molecule has 0 heterocycles. The molecule has 0 amide bonds. The lowest BCUT2D eigenvalue weighted by Gasteiger charge is -2.14. The number of likely N-dealkylation sites (N-methyl/N-ethyl adjacent to an activating group) is 1. The van der Waals surface area contributed by atoms with Gasteiger partial charge in [0.1, 0.15) is 0 Å². The summed E-state index contributed by atoms with van der Waals surface area (Å²) in [6.45, 7) is 2.51. The molecule has 1 aromatic rings. The number of hydrogen-bond acceptors (Lipinski definition) is 3. The molecule has 0 bridgehead atoms. The molecule has 88 valence electrons. The largest absolute Gasteiger partial charge is 0.392 e. The first-order chi connectivity index (χ1) is 7.76. The third-order valence-corrected chi connectivity index (χ3v) is 2.38. The van der Waals surface area contributed by atoms with E-state index in [2.05, 4.69) is 30.2 Å². The van der Waals surface area contributed by atoms with E-state index in [4.69, 9.17) is 10.8 Å². The predicted octanol–water partition coefficient (Wildman–Crippen LogP) is 1.13. The van der Waals surface area contributed by atoms with Crippen LogP contribution < -0.4 is 5.73 Å². The molecule has 0 saturated carbocycles. The highest BCUT2D eigenvalue weighted by atomic mass is 16.3. The minimum Gasteiger partial charge on any atom is -0.392 e. The van der Waals surface area contributed by atoms with Gasteiger partial charge in [0, 0.05) is 19.6 Å². The molecule has 0 aliphatic rings. The van der Waals surface area contributed by atoms with Crippen LogP contribution in [0.15, 0.2) is 36.4 Å². The highest BCUT2D eigenvalue weighted by Crippen LogP contribution is 2.06. The van der Waals surface area contributed by atoms with E-state index in [1.54, 1.807) is 0 Å². The van der Waals surface area contributed by atoms with Crippen LogP contribution in [0.25, 0.3) is 0 Å². The molecule has 0 atom stereocenters. The van der Waals surface area contributed by atoms with Gasteiger partial charge in [0.25, 0.3) is 0 Å². The van der Waals surface area contributed by atoms with Crippen molar-refractivity contribution in [3.8, 4) is 0 Å². The van der Waals surface area contributed by atoms with Crippen LogP contribution in [0.2, 0.25) is 0 Å². The highest BCUT2D eigenvalue weighted by Gasteiger charge is 1.98. The van der Waals surface area contributed by atoms with Crippen molar-refractivity contribution < 1.29 is 5.11 Å². The van der Waals surface area contributed by atoms with Crippen molar-refractivity contribution in [2.24, 2.45) is 5.73 Å². The number of aliphatic hydroxyl groups excluding tert-OH is 1. The number of aliphatic hydroxyl groups is 1. The Morgan fingerprint density at radius 2 is 1.81 bits per heavy atom. The van der Waals surface area contributed by atoms with Crippen LogP contribution in [-0.4, -0.2) is 30.1 Å². The van der Waals surface area contributed by atoms with Gasteiger partial charge in [-0.3, -0.25) is 4.90 Å². The van der Waals surface area contributed by atoms with Crippen LogP contribution in [-0.2, 0) is 13.2 Å². The summed E-state index contributed by atoms with van der Waals surface area (Å²) in [4.78, 5) is 2.21. The Kier molecular flexibility index (Phi) is 5.78. The average Bonchev–Trinajstić information content (AvgIpc) is 2.30. The first-order valence-corrected chi connectivity index (χ1v) is 5.48. The Balaban J connectivity index is 2.43. The Morgan fingerprint density at radius 3 is 2.38 bits per heavy atom. The Labute approximate surface area is 97.2 Å². The summed E-state index contributed by atoms with van der Waals surface area (Å²) in [7, 11) is 2.07. The van der Waals surface area contributed by atoms with E-state index < -0.39 is 0 Å². The van der Waals surface area contributed by atoms with E-state index in [1.165, 1.54) is 5.56 Å². The Bertz CT molecular complexity index is 319. The van der Waals surface area contributed by atoms with E-state index in [0.29, 0.717) is 6.54 Å². The fourth-order valence-corrected chi connectivity index (χ4v) is 1.48. The average molecular weight is 220 g/mol. The third kappa shape index (κ3) is 4.57. The highest BCUT2D eigenvalue weighted by molar-refractivity contribution is 5.21. The van der Waals surface area contributed by atoms with Gasteiger partial charge in [-0.1, -0.05) is 36.4 Å². The van der Waals surface area contributed by atoms with Gasteiger partial charge in [0.15, 0.2) is 0 Å². The van der Waals surface area contributed by atoms with E-state index >= 15 is 0 Å². The zero-order valence-corrected chi connectivity index (χ0v) is 9.76. The van der Waals surface area contributed by atoms with Crippen LogP contribution in [0.3, 0.4) is 0 Å². The number of rotatable bonds is 6. The van der Waals surface area contributed by atoms with Crippen molar-refractivity contribution in [1.82, 2.24) is 4.90 Å². The van der Waals surface area contributed by atoms with Gasteiger partial charge in [-0.2, -0.15) is 0 Å². The first-order valence-electron chi connectivity index (χ1n) is 5.48. The molecular formula is C13H20N2O. The Morgan fingerprint density at radius 1 is 1.19 bits per heavy atom. The fraction of sp³-hybridized carbons (Fsp3) is 0.385. The van der Waals surface area contributed by atoms with Crippen LogP contribution in [0.4, 0.5) is 0 Å². The van der Waals surface area contributed by atoms with Crippen molar-refractivity contribution in [2.75, 3.05) is 20.1 Å². The molecule has 1 aromatic carbocycles. The van der Waals surface area contributed by atoms with Crippen LogP contribution >= 0.6 is 0 Å². The second kappa shape index (κ2) is 7.17. The van der Waals surface area contributed by atoms with E-state index in [1.807, 2.05) is 18.2 Å². The number of nitrogens with two attached hydrogens (primary N) is 1. The van der Waals surface area contributed by atoms with E-state index in [-0.39, 0.29) is 6.61 Å². The minimum absolute atomic E-state index is 0.107. The molecule has 3 N–H and O–H groups in total. The first kappa shape index (κ1) is 12.9. The Hall–Kier alpha value is -1.16. The summed E-state index contributed by atoms with van der Waals surface area (Å²) in [6, 6.07) is 8.02. The van der Waals surface area contributed by atoms with Crippen molar-refractivity contribution in [3.63, 3.8) is 0 Å². The maximum absolute atomic E-state index is 8.92. The van der Waals surface area contributed by atoms with Crippen molar-refractivity contribution in [2.45, 2.75) is 13.2 Å². The topological polar surface area (TPSA) is 49.5 Å². The van der Waals surface area contributed by atoms with Gasteiger partial charge in [-0.05, 0) is 18.2 Å². The summed E-state index contributed by atoms with van der Waals surface area (Å²) < 4.78 is 0. The zero-order chi connectivity index (χ0) is 11.8. The van der Waals surface area contributed by atoms with Crippen molar-refractivity contribution in [1.29, 1.82) is 0 Å². The fourth-order valence-electron chi connectivity index (χ4n) is 1.48. The molecule has 0 aliphatic carbocycles. The zero-order valence-electron chi connectivity index (χ0n) is 9.76. The molecule has 0 spiro atoms. The molecule has 3 nitrogen and oxygen atoms in total. The summed E-state index contributed by atoms with van der Waals surface area (Å²) >= 11 is 0. The molecule has 0 unspecified atom stereocenters. The van der Waals surface area contributed by atoms with E-state index in [0.717, 1.165) is 18.7 Å². The van der Waals surface area contributed by atoms with Gasteiger partial charge in [0.05, 0.1) is 6.61 Å². The molecule has 1 rings (SSSR count). The van der Waals surface area contributed by atoms with Crippen LogP contribution in [0, 0.1) is 0 Å². The van der Waals surface area contributed by atoms with Crippen molar-refractivity contribution >= 4 is 0 Å². The lowest BCUT2D eigenvalue weighted by atomic mass is 10.1. The van der Waals surface area contributed by atoms with E-state index in [9.17, 15) is 0 Å². The second-order valence-electron chi connectivity index (χ2n) is 3.88. The molecule has 0 aliphatic heterocycles. The lowest BCUT2D eigenvalue weighted by Crippen LogP contribution is -2.17. The molecule has 16 heavy (non-hydrogen) atoms. The molecular weight excluding hydrogens is 200 g/mol. The smallest absolute Gasteiger partial charge is 0.0681 e. The third-order valence-electron chi connectivity index (χ3n) is 2.38. The van der Waals surface area contributed by atoms with Crippen molar-refractivity contribution in [3.05, 3.63) is 47.5 Å². The SMILES string of the molecule is CN(C/C=C/CN)Cc1ccc(CO)cc1. The number of hydrogen-bond donors (Lipinski definition) is 2. The normalized spacial score (nSPS) is 11.5. The number of benzene rings is 1. The van der Waals surface area contributed by atoms with Gasteiger partial charge in [-0.25, -0.2) is 0 Å². The molecule has 0 aromatic heterocycles. The minimum atomic E-state index is 0.107. The van der Waals surface area contributed by atoms with Crippen LogP contribution in [0.5, 0.6) is 0 Å². The summed E-state index contributed by atoms with van der Waals surface area (Å²) in [5.74, 6) is 0. The maximum Gasteiger partial charge on any atom is 0.0681 e. The standard InChI is InChI=1S/C13H20N2O/c1-15(9-3-2-8-14)10-12-4-6-13(11-16)7-5-12/h2-7,16H,8-11,14H2,1H3/b3-2+. The second-order valence-corrected chi connectivity index (χ2v) is 3.88. The lowest BCUT2D eigenvalue weighted by molar-refractivity contribution is 0.281. The number of nitrogens with zero attached hydrogens (tertiary/aromatic N) is 1. The maximum atomic E-state index is 8.92. The molecule has 3 heteroatoms. The van der Waals surface area contributed by atoms with Gasteiger partial charge in [0.2, 0.25) is 0 Å². The monoisotopic (exact) mass is 220 g/mol. The van der Waals surface area contributed by atoms with Gasteiger partial charge >= 0.3 is 0 Å². The quantitative estimate of drug-likeness (QED) is 0.706. The summed E-state index contributed by atoms with van der Waals surface area (Å²) in [5, 5.41) is 8.92. The molecule has 0 radical (unpaired) electrons. The predicted molar refractivity (Wildman–Crippen MR) is 66.9 cm³/mol. The summed E-state index contributed by atoms with van der Waals surface area (Å²) in [5.41, 5.74) is 7.57. The van der Waals surface area contributed by atoms with Gasteiger partial charge in [-0.15, -0.1) is 0 Å². The molecule has 0 saturated heterocycles. The van der Waals surface area contributed by atoms with Crippen LogP contribution in [0.1, 0.15) is 11.1 Å². The summed E-state index contributed by atoms with van der Waals surface area (Å²) in [6.07, 6.45) is 4.04. The van der Waals surface area contributed by atoms with Gasteiger partial charge < -0.3 is 10.8 Å². The molecule has 0 fully saturated rings.